The van der Waals surface area contributed by atoms with E-state index in [1.165, 1.54) is 7.11 Å². The van der Waals surface area contributed by atoms with E-state index in [1.54, 1.807) is 37.5 Å². The van der Waals surface area contributed by atoms with E-state index in [1.807, 2.05) is 18.2 Å². The van der Waals surface area contributed by atoms with Gasteiger partial charge >= 0.3 is 5.97 Å². The Bertz CT molecular complexity index is 741. The lowest BCUT2D eigenvalue weighted by atomic mass is 10.1. The Balaban J connectivity index is 2.00. The zero-order chi connectivity index (χ0) is 19.6. The van der Waals surface area contributed by atoms with Gasteiger partial charge in [0.1, 0.15) is 5.76 Å². The zero-order valence-corrected chi connectivity index (χ0v) is 15.9. The Morgan fingerprint density at radius 3 is 2.44 bits per heavy atom. The number of methoxy groups -OCH3 is 3. The molecule has 27 heavy (non-hydrogen) atoms. The van der Waals surface area contributed by atoms with Crippen molar-refractivity contribution >= 4 is 11.9 Å². The molecular formula is C20H25NO6. The quantitative estimate of drug-likeness (QED) is 0.594. The van der Waals surface area contributed by atoms with Crippen LogP contribution < -0.4 is 9.47 Å². The first-order valence-electron chi connectivity index (χ1n) is 8.65. The summed E-state index contributed by atoms with van der Waals surface area (Å²) < 4.78 is 20.5. The third kappa shape index (κ3) is 6.06. The van der Waals surface area contributed by atoms with Crippen LogP contribution in [0.1, 0.15) is 24.2 Å². The lowest BCUT2D eigenvalue weighted by molar-refractivity contribution is -0.142. The van der Waals surface area contributed by atoms with E-state index < -0.39 is 0 Å². The average molecular weight is 375 g/mol. The van der Waals surface area contributed by atoms with Gasteiger partial charge in [-0.1, -0.05) is 6.07 Å². The van der Waals surface area contributed by atoms with Crippen LogP contribution in [-0.2, 0) is 27.3 Å². The number of furan rings is 1. The Labute approximate surface area is 158 Å². The number of nitrogens with zero attached hydrogens (tertiary/aromatic N) is 1. The molecule has 0 N–H and O–H groups in total. The molecule has 0 aliphatic carbocycles. The summed E-state index contributed by atoms with van der Waals surface area (Å²) in [5.74, 6) is 1.52. The first kappa shape index (κ1) is 20.4. The largest absolute Gasteiger partial charge is 0.493 e. The van der Waals surface area contributed by atoms with Crippen molar-refractivity contribution in [2.75, 3.05) is 27.9 Å². The zero-order valence-electron chi connectivity index (χ0n) is 15.9. The van der Waals surface area contributed by atoms with E-state index in [9.17, 15) is 9.59 Å². The third-order valence-electron chi connectivity index (χ3n) is 4.17. The molecule has 1 aromatic carbocycles. The van der Waals surface area contributed by atoms with Gasteiger partial charge in [0.05, 0.1) is 40.6 Å². The minimum Gasteiger partial charge on any atom is -0.493 e. The van der Waals surface area contributed by atoms with Gasteiger partial charge in [-0.05, 0) is 36.2 Å². The monoisotopic (exact) mass is 375 g/mol. The van der Waals surface area contributed by atoms with Gasteiger partial charge in [0, 0.05) is 13.0 Å². The smallest absolute Gasteiger partial charge is 0.307 e. The van der Waals surface area contributed by atoms with Crippen molar-refractivity contribution in [2.45, 2.75) is 25.8 Å². The summed E-state index contributed by atoms with van der Waals surface area (Å²) in [4.78, 5) is 25.7. The van der Waals surface area contributed by atoms with Crippen molar-refractivity contribution in [1.29, 1.82) is 0 Å². The summed E-state index contributed by atoms with van der Waals surface area (Å²) in [7, 11) is 4.48. The maximum Gasteiger partial charge on any atom is 0.307 e. The van der Waals surface area contributed by atoms with Gasteiger partial charge in [-0.2, -0.15) is 0 Å². The average Bonchev–Trinajstić information content (AvgIpc) is 3.21. The van der Waals surface area contributed by atoms with Crippen LogP contribution in [0.5, 0.6) is 11.5 Å². The summed E-state index contributed by atoms with van der Waals surface area (Å²) in [6.45, 7) is 0.590. The molecule has 1 amide bonds. The van der Waals surface area contributed by atoms with E-state index >= 15 is 0 Å². The molecule has 0 unspecified atom stereocenters. The highest BCUT2D eigenvalue weighted by Gasteiger charge is 2.17. The first-order valence-corrected chi connectivity index (χ1v) is 8.65. The van der Waals surface area contributed by atoms with Crippen LogP contribution >= 0.6 is 0 Å². The Morgan fingerprint density at radius 1 is 1.04 bits per heavy atom. The number of rotatable bonds is 10. The van der Waals surface area contributed by atoms with Crippen molar-refractivity contribution in [3.63, 3.8) is 0 Å². The van der Waals surface area contributed by atoms with Gasteiger partial charge in [0.25, 0.3) is 0 Å². The number of carbonyl (C=O) groups excluding carboxylic acids is 2. The van der Waals surface area contributed by atoms with Crippen molar-refractivity contribution in [1.82, 2.24) is 4.90 Å². The van der Waals surface area contributed by atoms with Gasteiger partial charge in [-0.3, -0.25) is 9.59 Å². The van der Waals surface area contributed by atoms with Crippen molar-refractivity contribution < 1.29 is 28.2 Å². The van der Waals surface area contributed by atoms with Crippen molar-refractivity contribution in [3.05, 3.63) is 47.9 Å². The fraction of sp³-hybridized carbons (Fsp3) is 0.400. The molecule has 0 aliphatic heterocycles. The van der Waals surface area contributed by atoms with Gasteiger partial charge in [-0.25, -0.2) is 0 Å². The Hall–Kier alpha value is -2.96. The summed E-state index contributed by atoms with van der Waals surface area (Å²) in [5.41, 5.74) is 0.965. The molecule has 0 atom stereocenters. The van der Waals surface area contributed by atoms with Gasteiger partial charge in [0.2, 0.25) is 5.91 Å². The Kier molecular flexibility index (Phi) is 7.73. The van der Waals surface area contributed by atoms with Gasteiger partial charge in [0.15, 0.2) is 11.5 Å². The Morgan fingerprint density at radius 2 is 1.81 bits per heavy atom. The number of esters is 1. The molecule has 146 valence electrons. The number of ether oxygens (including phenoxy) is 3. The maximum absolute atomic E-state index is 12.7. The van der Waals surface area contributed by atoms with E-state index in [4.69, 9.17) is 13.9 Å². The fourth-order valence-electron chi connectivity index (χ4n) is 2.66. The fourth-order valence-corrected chi connectivity index (χ4v) is 2.66. The molecule has 0 radical (unpaired) electrons. The first-order chi connectivity index (χ1) is 13.1. The van der Waals surface area contributed by atoms with Crippen LogP contribution in [0.15, 0.2) is 41.0 Å². The van der Waals surface area contributed by atoms with E-state index in [0.717, 1.165) is 5.56 Å². The van der Waals surface area contributed by atoms with E-state index in [0.29, 0.717) is 36.6 Å². The molecule has 0 saturated heterocycles. The lowest BCUT2D eigenvalue weighted by Crippen LogP contribution is -2.32. The number of benzene rings is 1. The molecule has 0 fully saturated rings. The minimum atomic E-state index is -0.355. The number of carbonyl (C=O) groups is 2. The molecule has 1 aromatic heterocycles. The van der Waals surface area contributed by atoms with E-state index in [-0.39, 0.29) is 24.8 Å². The van der Waals surface area contributed by atoms with Crippen LogP contribution in [-0.4, -0.2) is 44.7 Å². The molecule has 0 saturated carbocycles. The maximum atomic E-state index is 12.7. The van der Waals surface area contributed by atoms with Crippen LogP contribution in [0.2, 0.25) is 0 Å². The summed E-state index contributed by atoms with van der Waals surface area (Å²) in [6.07, 6.45) is 2.55. The standard InChI is InChI=1S/C20H25NO6/c1-24-17-8-6-15(13-18(17)25-2)7-9-19(22)21(11-10-20(23)26-3)14-16-5-4-12-27-16/h4-6,8,12-13H,7,9-11,14H2,1-3H3. The van der Waals surface area contributed by atoms with Gasteiger partial charge in [-0.15, -0.1) is 0 Å². The second kappa shape index (κ2) is 10.3. The number of amides is 1. The van der Waals surface area contributed by atoms with Crippen molar-refractivity contribution in [2.24, 2.45) is 0 Å². The summed E-state index contributed by atoms with van der Waals surface area (Å²) in [6, 6.07) is 9.14. The number of aryl methyl sites for hydroxylation is 1. The molecule has 7 heteroatoms. The van der Waals surface area contributed by atoms with Gasteiger partial charge < -0.3 is 23.5 Å². The number of hydrogen-bond donors (Lipinski definition) is 0. The second-order valence-electron chi connectivity index (χ2n) is 5.91. The second-order valence-corrected chi connectivity index (χ2v) is 5.91. The van der Waals surface area contributed by atoms with Crippen LogP contribution in [0.25, 0.3) is 0 Å². The van der Waals surface area contributed by atoms with Crippen LogP contribution in [0.3, 0.4) is 0 Å². The molecule has 2 rings (SSSR count). The lowest BCUT2D eigenvalue weighted by Gasteiger charge is -2.21. The normalized spacial score (nSPS) is 10.3. The highest BCUT2D eigenvalue weighted by Crippen LogP contribution is 2.28. The van der Waals surface area contributed by atoms with Crippen LogP contribution in [0.4, 0.5) is 0 Å². The summed E-state index contributed by atoms with van der Waals surface area (Å²) in [5, 5.41) is 0. The molecule has 0 bridgehead atoms. The topological polar surface area (TPSA) is 78.2 Å². The summed E-state index contributed by atoms with van der Waals surface area (Å²) >= 11 is 0. The predicted octanol–water partition coefficient (Wildman–Crippen LogP) is 2.82. The minimum absolute atomic E-state index is 0.0647. The predicted molar refractivity (Wildman–Crippen MR) is 98.6 cm³/mol. The highest BCUT2D eigenvalue weighted by molar-refractivity contribution is 5.77. The third-order valence-corrected chi connectivity index (χ3v) is 4.17. The molecule has 7 nitrogen and oxygen atoms in total. The molecule has 2 aromatic rings. The van der Waals surface area contributed by atoms with E-state index in [2.05, 4.69) is 4.74 Å². The van der Waals surface area contributed by atoms with Crippen LogP contribution in [0, 0.1) is 0 Å². The number of hydrogen-bond acceptors (Lipinski definition) is 6. The molecule has 1 heterocycles. The molecular weight excluding hydrogens is 350 g/mol. The highest BCUT2D eigenvalue weighted by atomic mass is 16.5. The SMILES string of the molecule is COC(=O)CCN(Cc1ccco1)C(=O)CCc1ccc(OC)c(OC)c1. The van der Waals surface area contributed by atoms with Crippen molar-refractivity contribution in [3.8, 4) is 11.5 Å². The molecule has 0 aliphatic rings. The molecule has 0 spiro atoms.